The summed E-state index contributed by atoms with van der Waals surface area (Å²) < 4.78 is 4.98. The minimum Gasteiger partial charge on any atom is -0.468 e. The summed E-state index contributed by atoms with van der Waals surface area (Å²) in [5.41, 5.74) is -0.681. The molecular formula is C15H33N3O2. The van der Waals surface area contributed by atoms with Gasteiger partial charge in [-0.15, -0.1) is 0 Å². The molecule has 0 aliphatic rings. The summed E-state index contributed by atoms with van der Waals surface area (Å²) in [6, 6.07) is 0.606. The number of hydrogen-bond donors (Lipinski definition) is 1. The Hall–Kier alpha value is -0.650. The van der Waals surface area contributed by atoms with Crippen LogP contribution in [0.1, 0.15) is 34.6 Å². The van der Waals surface area contributed by atoms with Crippen molar-refractivity contribution in [1.82, 2.24) is 15.1 Å². The van der Waals surface area contributed by atoms with Gasteiger partial charge in [0, 0.05) is 25.2 Å². The molecule has 20 heavy (non-hydrogen) atoms. The van der Waals surface area contributed by atoms with E-state index < -0.39 is 5.54 Å². The predicted molar refractivity (Wildman–Crippen MR) is 84.0 cm³/mol. The molecule has 5 heteroatoms. The molecule has 1 N–H and O–H groups in total. The van der Waals surface area contributed by atoms with Gasteiger partial charge in [0.05, 0.1) is 7.11 Å². The number of carbonyl (C=O) groups excluding carboxylic acids is 1. The number of likely N-dealkylation sites (N-methyl/N-ethyl adjacent to an activating group) is 2. The number of nitrogens with one attached hydrogen (secondary N) is 1. The molecular weight excluding hydrogens is 254 g/mol. The van der Waals surface area contributed by atoms with E-state index in [-0.39, 0.29) is 12.0 Å². The molecule has 2 atom stereocenters. The maximum absolute atomic E-state index is 12.1. The van der Waals surface area contributed by atoms with Gasteiger partial charge in [-0.1, -0.05) is 6.92 Å². The van der Waals surface area contributed by atoms with Crippen LogP contribution < -0.4 is 5.32 Å². The second-order valence-corrected chi connectivity index (χ2v) is 6.30. The minimum absolute atomic E-state index is 0.207. The van der Waals surface area contributed by atoms with E-state index in [1.54, 1.807) is 0 Å². The first-order valence-corrected chi connectivity index (χ1v) is 7.41. The molecule has 0 radical (unpaired) electrons. The second-order valence-electron chi connectivity index (χ2n) is 6.30. The lowest BCUT2D eigenvalue weighted by atomic mass is 9.99. The molecule has 0 spiro atoms. The van der Waals surface area contributed by atoms with E-state index in [0.717, 1.165) is 13.1 Å². The molecule has 0 heterocycles. The highest BCUT2D eigenvalue weighted by molar-refractivity contribution is 5.80. The van der Waals surface area contributed by atoms with Gasteiger partial charge in [-0.3, -0.25) is 15.0 Å². The minimum atomic E-state index is -0.681. The number of esters is 1. The van der Waals surface area contributed by atoms with E-state index in [1.165, 1.54) is 7.11 Å². The third-order valence-electron chi connectivity index (χ3n) is 3.42. The molecule has 0 aromatic heterocycles. The number of methoxy groups -OCH3 is 1. The molecule has 120 valence electrons. The first-order valence-electron chi connectivity index (χ1n) is 7.41. The molecule has 0 amide bonds. The first-order chi connectivity index (χ1) is 9.16. The molecule has 0 aliphatic carbocycles. The predicted octanol–water partition coefficient (Wildman–Crippen LogP) is 1.19. The standard InChI is InChI=1S/C15H33N3O2/c1-9-18(13(4)10-17(6)7)11-15(5,14(19)20-8)16-12(2)3/h12-13,16H,9-11H2,1-8H3. The van der Waals surface area contributed by atoms with Crippen molar-refractivity contribution in [2.75, 3.05) is 40.8 Å². The average Bonchev–Trinajstić information content (AvgIpc) is 2.32. The third kappa shape index (κ3) is 6.20. The Balaban J connectivity index is 4.96. The molecule has 0 saturated heterocycles. The molecule has 5 nitrogen and oxygen atoms in total. The van der Waals surface area contributed by atoms with Gasteiger partial charge in [-0.25, -0.2) is 0 Å². The number of ether oxygens (including phenoxy) is 1. The molecule has 0 rings (SSSR count). The van der Waals surface area contributed by atoms with Gasteiger partial charge >= 0.3 is 5.97 Å². The third-order valence-corrected chi connectivity index (χ3v) is 3.42. The quantitative estimate of drug-likeness (QED) is 0.645. The van der Waals surface area contributed by atoms with Crippen LogP contribution in [0.25, 0.3) is 0 Å². The highest BCUT2D eigenvalue weighted by atomic mass is 16.5. The Kier molecular flexibility index (Phi) is 8.32. The van der Waals surface area contributed by atoms with Crippen molar-refractivity contribution in [1.29, 1.82) is 0 Å². The largest absolute Gasteiger partial charge is 0.468 e. The van der Waals surface area contributed by atoms with Crippen molar-refractivity contribution in [3.63, 3.8) is 0 Å². The summed E-state index contributed by atoms with van der Waals surface area (Å²) in [5.74, 6) is -0.207. The van der Waals surface area contributed by atoms with Crippen molar-refractivity contribution in [3.8, 4) is 0 Å². The van der Waals surface area contributed by atoms with E-state index in [0.29, 0.717) is 12.6 Å². The van der Waals surface area contributed by atoms with Crippen molar-refractivity contribution in [2.24, 2.45) is 0 Å². The zero-order valence-electron chi connectivity index (χ0n) is 14.5. The van der Waals surface area contributed by atoms with Crippen LogP contribution in [0, 0.1) is 0 Å². The van der Waals surface area contributed by atoms with Gasteiger partial charge in [-0.05, 0) is 48.3 Å². The summed E-state index contributed by atoms with van der Waals surface area (Å²) >= 11 is 0. The monoisotopic (exact) mass is 287 g/mol. The van der Waals surface area contributed by atoms with Crippen LogP contribution in [-0.4, -0.2) is 74.2 Å². The maximum atomic E-state index is 12.1. The smallest absolute Gasteiger partial charge is 0.327 e. The van der Waals surface area contributed by atoms with Crippen molar-refractivity contribution >= 4 is 5.97 Å². The van der Waals surface area contributed by atoms with Crippen LogP contribution in [0.3, 0.4) is 0 Å². The van der Waals surface area contributed by atoms with Gasteiger partial charge < -0.3 is 9.64 Å². The van der Waals surface area contributed by atoms with Crippen LogP contribution in [0.15, 0.2) is 0 Å². The Bertz CT molecular complexity index is 295. The van der Waals surface area contributed by atoms with E-state index >= 15 is 0 Å². The van der Waals surface area contributed by atoms with E-state index in [9.17, 15) is 4.79 Å². The Labute approximate surface area is 124 Å². The Morgan fingerprint density at radius 1 is 1.30 bits per heavy atom. The van der Waals surface area contributed by atoms with Crippen molar-refractivity contribution < 1.29 is 9.53 Å². The lowest BCUT2D eigenvalue weighted by Gasteiger charge is -2.38. The fourth-order valence-electron chi connectivity index (χ4n) is 2.66. The van der Waals surface area contributed by atoms with Crippen LogP contribution in [0.4, 0.5) is 0 Å². The van der Waals surface area contributed by atoms with Gasteiger partial charge in [0.2, 0.25) is 0 Å². The van der Waals surface area contributed by atoms with Gasteiger partial charge in [0.1, 0.15) is 5.54 Å². The zero-order valence-corrected chi connectivity index (χ0v) is 14.5. The lowest BCUT2D eigenvalue weighted by Crippen LogP contribution is -2.61. The Morgan fingerprint density at radius 2 is 1.85 bits per heavy atom. The van der Waals surface area contributed by atoms with E-state index in [4.69, 9.17) is 4.74 Å². The Morgan fingerprint density at radius 3 is 2.20 bits per heavy atom. The first kappa shape index (κ1) is 19.4. The van der Waals surface area contributed by atoms with Crippen LogP contribution in [-0.2, 0) is 9.53 Å². The molecule has 0 aliphatic heterocycles. The molecule has 0 bridgehead atoms. The zero-order chi connectivity index (χ0) is 15.9. The summed E-state index contributed by atoms with van der Waals surface area (Å²) in [6.07, 6.45) is 0. The number of rotatable bonds is 9. The highest BCUT2D eigenvalue weighted by Crippen LogP contribution is 2.13. The summed E-state index contributed by atoms with van der Waals surface area (Å²) in [5, 5.41) is 3.35. The summed E-state index contributed by atoms with van der Waals surface area (Å²) in [7, 11) is 5.58. The number of nitrogens with zero attached hydrogens (tertiary/aromatic N) is 2. The van der Waals surface area contributed by atoms with Crippen LogP contribution in [0.5, 0.6) is 0 Å². The topological polar surface area (TPSA) is 44.8 Å². The fraction of sp³-hybridized carbons (Fsp3) is 0.933. The summed E-state index contributed by atoms with van der Waals surface area (Å²) in [6.45, 7) is 12.8. The highest BCUT2D eigenvalue weighted by Gasteiger charge is 2.37. The molecule has 0 saturated carbocycles. The number of hydrogen-bond acceptors (Lipinski definition) is 5. The molecule has 2 unspecified atom stereocenters. The van der Waals surface area contributed by atoms with Gasteiger partial charge in [0.25, 0.3) is 0 Å². The normalized spacial score (nSPS) is 16.6. The van der Waals surface area contributed by atoms with Gasteiger partial charge in [-0.2, -0.15) is 0 Å². The molecule has 0 fully saturated rings. The van der Waals surface area contributed by atoms with Gasteiger partial charge in [0.15, 0.2) is 0 Å². The lowest BCUT2D eigenvalue weighted by molar-refractivity contribution is -0.149. The van der Waals surface area contributed by atoms with E-state index in [1.807, 2.05) is 20.8 Å². The molecule has 0 aromatic rings. The molecule has 0 aromatic carbocycles. The second kappa shape index (κ2) is 8.60. The maximum Gasteiger partial charge on any atom is 0.327 e. The van der Waals surface area contributed by atoms with E-state index in [2.05, 4.69) is 43.1 Å². The van der Waals surface area contributed by atoms with Crippen molar-refractivity contribution in [2.45, 2.75) is 52.2 Å². The van der Waals surface area contributed by atoms with Crippen LogP contribution in [0.2, 0.25) is 0 Å². The fourth-order valence-corrected chi connectivity index (χ4v) is 2.66. The summed E-state index contributed by atoms with van der Waals surface area (Å²) in [4.78, 5) is 16.6. The SMILES string of the molecule is CCN(CC(C)(NC(C)C)C(=O)OC)C(C)CN(C)C. The van der Waals surface area contributed by atoms with Crippen molar-refractivity contribution in [3.05, 3.63) is 0 Å². The number of carbonyl (C=O) groups is 1. The average molecular weight is 287 g/mol. The van der Waals surface area contributed by atoms with Crippen LogP contribution >= 0.6 is 0 Å².